The van der Waals surface area contributed by atoms with Crippen LogP contribution in [-0.4, -0.2) is 10.7 Å². The first kappa shape index (κ1) is 11.4. The fraction of sp³-hybridized carbons (Fsp3) is 0.375. The van der Waals surface area contributed by atoms with Crippen molar-refractivity contribution in [2.75, 3.05) is 5.75 Å². The zero-order chi connectivity index (χ0) is 9.84. The highest BCUT2D eigenvalue weighted by Crippen LogP contribution is 2.37. The largest absolute Gasteiger partial charge is 0.241 e. The van der Waals surface area contributed by atoms with Crippen LogP contribution >= 0.6 is 46.6 Å². The second-order valence-electron chi connectivity index (χ2n) is 2.39. The average molecular weight is 257 g/mol. The van der Waals surface area contributed by atoms with E-state index in [1.807, 2.05) is 0 Å². The van der Waals surface area contributed by atoms with E-state index in [4.69, 9.17) is 34.8 Å². The maximum absolute atomic E-state index is 5.93. The maximum Gasteiger partial charge on any atom is 0.148 e. The summed E-state index contributed by atoms with van der Waals surface area (Å²) in [5.41, 5.74) is 0. The summed E-state index contributed by atoms with van der Waals surface area (Å²) in [4.78, 5) is 4.66. The Balaban J connectivity index is 2.96. The molecule has 1 aromatic heterocycles. The smallest absolute Gasteiger partial charge is 0.148 e. The van der Waals surface area contributed by atoms with Gasteiger partial charge in [-0.15, -0.1) is 11.8 Å². The van der Waals surface area contributed by atoms with Gasteiger partial charge in [0.2, 0.25) is 0 Å². The summed E-state index contributed by atoms with van der Waals surface area (Å²) in [6, 6.07) is 0. The number of hydrogen-bond acceptors (Lipinski definition) is 2. The lowest BCUT2D eigenvalue weighted by atomic mass is 10.5. The number of nitrogens with zero attached hydrogens (tertiary/aromatic N) is 1. The van der Waals surface area contributed by atoms with Crippen LogP contribution in [-0.2, 0) is 0 Å². The molecule has 0 aromatic carbocycles. The van der Waals surface area contributed by atoms with Crippen molar-refractivity contribution in [3.63, 3.8) is 0 Å². The molecule has 72 valence electrons. The zero-order valence-corrected chi connectivity index (χ0v) is 10.1. The molecule has 0 spiro atoms. The molecule has 0 fully saturated rings. The number of thioether (sulfide) groups is 1. The number of hydrogen-bond donors (Lipinski definition) is 0. The van der Waals surface area contributed by atoms with Crippen molar-refractivity contribution in [1.82, 2.24) is 4.98 Å². The highest BCUT2D eigenvalue weighted by Gasteiger charge is 2.10. The summed E-state index contributed by atoms with van der Waals surface area (Å²) < 4.78 is 0. The standard InChI is InChI=1S/C8H8Cl3NS/c1-2-3-13-7-5(9)4-12-8(11)6(7)10/h4H,2-3H2,1H3. The van der Waals surface area contributed by atoms with Crippen molar-refractivity contribution >= 4 is 46.6 Å². The predicted octanol–water partition coefficient (Wildman–Crippen LogP) is 4.54. The van der Waals surface area contributed by atoms with Gasteiger partial charge in [0.15, 0.2) is 0 Å². The molecule has 0 aliphatic rings. The summed E-state index contributed by atoms with van der Waals surface area (Å²) in [5.74, 6) is 0.972. The average Bonchev–Trinajstić information content (AvgIpc) is 2.12. The zero-order valence-electron chi connectivity index (χ0n) is 6.98. The van der Waals surface area contributed by atoms with Crippen LogP contribution in [0.5, 0.6) is 0 Å². The van der Waals surface area contributed by atoms with Crippen LogP contribution < -0.4 is 0 Å². The van der Waals surface area contributed by atoms with Gasteiger partial charge in [-0.1, -0.05) is 41.7 Å². The van der Waals surface area contributed by atoms with E-state index >= 15 is 0 Å². The molecule has 0 aliphatic heterocycles. The van der Waals surface area contributed by atoms with Crippen LogP contribution in [0, 0.1) is 0 Å². The number of pyridine rings is 1. The third kappa shape index (κ3) is 2.91. The van der Waals surface area contributed by atoms with Crippen LogP contribution in [0.3, 0.4) is 0 Å². The molecule has 0 N–H and O–H groups in total. The van der Waals surface area contributed by atoms with Crippen molar-refractivity contribution in [3.05, 3.63) is 21.4 Å². The Kier molecular flexibility index (Phi) is 4.67. The molecule has 1 rings (SSSR count). The monoisotopic (exact) mass is 255 g/mol. The molecule has 0 unspecified atom stereocenters. The molecule has 0 saturated carbocycles. The molecular weight excluding hydrogens is 249 g/mol. The third-order valence-electron chi connectivity index (χ3n) is 1.34. The molecule has 13 heavy (non-hydrogen) atoms. The first-order valence-corrected chi connectivity index (χ1v) is 5.91. The van der Waals surface area contributed by atoms with E-state index in [9.17, 15) is 0 Å². The molecule has 0 aliphatic carbocycles. The molecule has 0 radical (unpaired) electrons. The molecule has 5 heteroatoms. The van der Waals surface area contributed by atoms with Gasteiger partial charge in [-0.25, -0.2) is 4.98 Å². The summed E-state index contributed by atoms with van der Waals surface area (Å²) >= 11 is 19.2. The van der Waals surface area contributed by atoms with Crippen LogP contribution in [0.2, 0.25) is 15.2 Å². The Labute approximate surface area is 96.8 Å². The molecule has 0 atom stereocenters. The summed E-state index contributed by atoms with van der Waals surface area (Å²) in [6.07, 6.45) is 2.59. The van der Waals surface area contributed by atoms with Gasteiger partial charge in [-0.3, -0.25) is 0 Å². The van der Waals surface area contributed by atoms with E-state index < -0.39 is 0 Å². The first-order chi connectivity index (χ1) is 6.16. The maximum atomic E-state index is 5.93. The second kappa shape index (κ2) is 5.30. The van der Waals surface area contributed by atoms with Crippen LogP contribution in [0.4, 0.5) is 0 Å². The van der Waals surface area contributed by atoms with E-state index in [1.165, 1.54) is 6.20 Å². The number of halogens is 3. The Hall–Kier alpha value is 0.370. The van der Waals surface area contributed by atoms with Crippen molar-refractivity contribution in [1.29, 1.82) is 0 Å². The molecule has 0 amide bonds. The Morgan fingerprint density at radius 3 is 2.69 bits per heavy atom. The van der Waals surface area contributed by atoms with E-state index in [1.54, 1.807) is 11.8 Å². The fourth-order valence-electron chi connectivity index (χ4n) is 0.764. The Morgan fingerprint density at radius 1 is 1.38 bits per heavy atom. The second-order valence-corrected chi connectivity index (χ2v) is 4.64. The third-order valence-corrected chi connectivity index (χ3v) is 3.93. The topological polar surface area (TPSA) is 12.9 Å². The summed E-state index contributed by atoms with van der Waals surface area (Å²) in [6.45, 7) is 2.09. The van der Waals surface area contributed by atoms with Gasteiger partial charge < -0.3 is 0 Å². The summed E-state index contributed by atoms with van der Waals surface area (Å²) in [7, 11) is 0. The van der Waals surface area contributed by atoms with Crippen molar-refractivity contribution in [3.8, 4) is 0 Å². The minimum absolute atomic E-state index is 0.310. The van der Waals surface area contributed by atoms with Crippen molar-refractivity contribution in [2.45, 2.75) is 18.2 Å². The van der Waals surface area contributed by atoms with Crippen LogP contribution in [0.15, 0.2) is 11.1 Å². The molecular formula is C8H8Cl3NS. The van der Waals surface area contributed by atoms with Crippen LogP contribution in [0.25, 0.3) is 0 Å². The minimum atomic E-state index is 0.310. The summed E-state index contributed by atoms with van der Waals surface area (Å²) in [5, 5.41) is 1.32. The lowest BCUT2D eigenvalue weighted by molar-refractivity contribution is 1.10. The quantitative estimate of drug-likeness (QED) is 0.581. The van der Waals surface area contributed by atoms with Gasteiger partial charge in [0.1, 0.15) is 5.15 Å². The molecule has 1 heterocycles. The first-order valence-electron chi connectivity index (χ1n) is 3.79. The van der Waals surface area contributed by atoms with Crippen LogP contribution in [0.1, 0.15) is 13.3 Å². The Bertz CT molecular complexity index is 304. The van der Waals surface area contributed by atoms with Gasteiger partial charge in [-0.2, -0.15) is 0 Å². The molecule has 0 saturated heterocycles. The van der Waals surface area contributed by atoms with Gasteiger partial charge in [0.25, 0.3) is 0 Å². The molecule has 1 aromatic rings. The predicted molar refractivity (Wildman–Crippen MR) is 60.3 cm³/mol. The van der Waals surface area contributed by atoms with E-state index in [2.05, 4.69) is 11.9 Å². The number of rotatable bonds is 3. The van der Waals surface area contributed by atoms with Crippen molar-refractivity contribution in [2.24, 2.45) is 0 Å². The van der Waals surface area contributed by atoms with Gasteiger partial charge in [0, 0.05) is 11.1 Å². The lowest BCUT2D eigenvalue weighted by Gasteiger charge is -2.05. The van der Waals surface area contributed by atoms with Gasteiger partial charge in [-0.05, 0) is 12.2 Å². The van der Waals surface area contributed by atoms with Crippen molar-refractivity contribution < 1.29 is 0 Å². The number of aromatic nitrogens is 1. The van der Waals surface area contributed by atoms with E-state index in [0.717, 1.165) is 17.1 Å². The van der Waals surface area contributed by atoms with Gasteiger partial charge >= 0.3 is 0 Å². The van der Waals surface area contributed by atoms with E-state index in [-0.39, 0.29) is 0 Å². The Morgan fingerprint density at radius 2 is 2.08 bits per heavy atom. The SMILES string of the molecule is CCCSc1c(Cl)cnc(Cl)c1Cl. The highest BCUT2D eigenvalue weighted by atomic mass is 35.5. The van der Waals surface area contributed by atoms with E-state index in [0.29, 0.717) is 15.2 Å². The highest BCUT2D eigenvalue weighted by molar-refractivity contribution is 7.99. The minimum Gasteiger partial charge on any atom is -0.241 e. The lowest BCUT2D eigenvalue weighted by Crippen LogP contribution is -1.84. The van der Waals surface area contributed by atoms with Gasteiger partial charge in [0.05, 0.1) is 10.0 Å². The molecule has 0 bridgehead atoms. The molecule has 1 nitrogen and oxygen atoms in total. The normalized spacial score (nSPS) is 10.5. The fourth-order valence-corrected chi connectivity index (χ4v) is 2.45.